The number of pyridine rings is 1. The second-order valence-corrected chi connectivity index (χ2v) is 7.26. The average Bonchev–Trinajstić information content (AvgIpc) is 3.00. The lowest BCUT2D eigenvalue weighted by Crippen LogP contribution is -2.05. The van der Waals surface area contributed by atoms with E-state index in [1.54, 1.807) is 6.20 Å². The summed E-state index contributed by atoms with van der Waals surface area (Å²) >= 11 is 0. The summed E-state index contributed by atoms with van der Waals surface area (Å²) in [7, 11) is 0. The number of aryl methyl sites for hydroxylation is 1. The molecule has 2 aromatic heterocycles. The first kappa shape index (κ1) is 20.0. The fraction of sp³-hybridized carbons (Fsp3) is 0.240. The number of nitrogens with zero attached hydrogens (tertiary/aromatic N) is 2. The van der Waals surface area contributed by atoms with Crippen molar-refractivity contribution in [3.05, 3.63) is 89.0 Å². The Morgan fingerprint density at radius 1 is 0.933 bits per heavy atom. The van der Waals surface area contributed by atoms with Gasteiger partial charge in [-0.1, -0.05) is 30.3 Å². The van der Waals surface area contributed by atoms with Gasteiger partial charge < -0.3 is 14.0 Å². The monoisotopic (exact) mass is 404 g/mol. The standard InChI is InChI=1S/C25H25FN2O2/c1-4-29-22-8-6-5-7-20(22)16-30-23-13-14-27-24-17(2)18(3)28(25(23)24)15-19-9-11-21(26)12-10-19/h5-14H,4,15-16H2,1-3H3. The molecule has 0 spiro atoms. The van der Waals surface area contributed by atoms with Gasteiger partial charge in [0.2, 0.25) is 0 Å². The molecule has 154 valence electrons. The summed E-state index contributed by atoms with van der Waals surface area (Å²) in [5.74, 6) is 1.37. The van der Waals surface area contributed by atoms with E-state index in [-0.39, 0.29) is 5.82 Å². The quantitative estimate of drug-likeness (QED) is 0.389. The van der Waals surface area contributed by atoms with Crippen LogP contribution in [0.5, 0.6) is 11.5 Å². The topological polar surface area (TPSA) is 36.3 Å². The van der Waals surface area contributed by atoms with Crippen LogP contribution in [-0.2, 0) is 13.2 Å². The van der Waals surface area contributed by atoms with Crippen molar-refractivity contribution in [2.45, 2.75) is 33.9 Å². The number of benzene rings is 2. The third-order valence-electron chi connectivity index (χ3n) is 5.37. The summed E-state index contributed by atoms with van der Waals surface area (Å²) in [4.78, 5) is 4.60. The van der Waals surface area contributed by atoms with E-state index in [9.17, 15) is 4.39 Å². The van der Waals surface area contributed by atoms with Crippen molar-refractivity contribution in [2.75, 3.05) is 6.61 Å². The van der Waals surface area contributed by atoms with Crippen LogP contribution in [0.4, 0.5) is 4.39 Å². The van der Waals surface area contributed by atoms with Crippen molar-refractivity contribution in [1.29, 1.82) is 0 Å². The Balaban J connectivity index is 1.70. The van der Waals surface area contributed by atoms with E-state index in [2.05, 4.69) is 23.4 Å². The highest BCUT2D eigenvalue weighted by atomic mass is 19.1. The van der Waals surface area contributed by atoms with Gasteiger partial charge in [0.25, 0.3) is 0 Å². The van der Waals surface area contributed by atoms with E-state index in [4.69, 9.17) is 9.47 Å². The summed E-state index contributed by atoms with van der Waals surface area (Å²) in [5.41, 5.74) is 6.12. The molecule has 0 saturated carbocycles. The molecule has 0 amide bonds. The number of halogens is 1. The Hall–Kier alpha value is -3.34. The number of para-hydroxylation sites is 1. The molecule has 0 aliphatic heterocycles. The zero-order chi connectivity index (χ0) is 21.1. The highest BCUT2D eigenvalue weighted by molar-refractivity contribution is 5.86. The molecule has 0 N–H and O–H groups in total. The van der Waals surface area contributed by atoms with Crippen LogP contribution in [0.1, 0.15) is 29.3 Å². The van der Waals surface area contributed by atoms with E-state index in [0.29, 0.717) is 19.8 Å². The van der Waals surface area contributed by atoms with Crippen molar-refractivity contribution in [2.24, 2.45) is 0 Å². The van der Waals surface area contributed by atoms with Crippen molar-refractivity contribution >= 4 is 11.0 Å². The Morgan fingerprint density at radius 3 is 2.47 bits per heavy atom. The van der Waals surface area contributed by atoms with Crippen LogP contribution < -0.4 is 9.47 Å². The maximum atomic E-state index is 13.3. The maximum absolute atomic E-state index is 13.3. The Kier molecular flexibility index (Phi) is 5.70. The zero-order valence-electron chi connectivity index (χ0n) is 17.5. The minimum absolute atomic E-state index is 0.234. The van der Waals surface area contributed by atoms with Crippen LogP contribution in [0, 0.1) is 19.7 Å². The third-order valence-corrected chi connectivity index (χ3v) is 5.37. The molecule has 2 heterocycles. The Bertz CT molecular complexity index is 1170. The van der Waals surface area contributed by atoms with Gasteiger partial charge in [0.15, 0.2) is 0 Å². The first-order chi connectivity index (χ1) is 14.6. The van der Waals surface area contributed by atoms with Gasteiger partial charge in [0, 0.05) is 30.1 Å². The molecule has 0 fully saturated rings. The number of hydrogen-bond donors (Lipinski definition) is 0. The minimum atomic E-state index is -0.234. The zero-order valence-corrected chi connectivity index (χ0v) is 17.5. The largest absolute Gasteiger partial charge is 0.493 e. The second kappa shape index (κ2) is 8.57. The number of hydrogen-bond acceptors (Lipinski definition) is 3. The van der Waals surface area contributed by atoms with Gasteiger partial charge in [-0.2, -0.15) is 0 Å². The summed E-state index contributed by atoms with van der Waals surface area (Å²) in [5, 5.41) is 0. The number of ether oxygens (including phenoxy) is 2. The molecule has 0 atom stereocenters. The molecule has 2 aromatic carbocycles. The summed E-state index contributed by atoms with van der Waals surface area (Å²) < 4.78 is 27.5. The number of rotatable bonds is 7. The van der Waals surface area contributed by atoms with E-state index in [1.807, 2.05) is 49.4 Å². The van der Waals surface area contributed by atoms with E-state index in [1.165, 1.54) is 12.1 Å². The van der Waals surface area contributed by atoms with Crippen LogP contribution in [0.15, 0.2) is 60.8 Å². The van der Waals surface area contributed by atoms with Crippen LogP contribution in [-0.4, -0.2) is 16.2 Å². The fourth-order valence-electron chi connectivity index (χ4n) is 3.67. The van der Waals surface area contributed by atoms with E-state index in [0.717, 1.165) is 44.9 Å². The molecule has 4 aromatic rings. The molecule has 0 aliphatic carbocycles. The molecule has 4 nitrogen and oxygen atoms in total. The summed E-state index contributed by atoms with van der Waals surface area (Å²) in [6, 6.07) is 16.4. The van der Waals surface area contributed by atoms with Crippen LogP contribution in [0.3, 0.4) is 0 Å². The van der Waals surface area contributed by atoms with Gasteiger partial charge in [-0.3, -0.25) is 4.98 Å². The van der Waals surface area contributed by atoms with Crippen molar-refractivity contribution in [1.82, 2.24) is 9.55 Å². The molecule has 5 heteroatoms. The Morgan fingerprint density at radius 2 is 1.70 bits per heavy atom. The highest BCUT2D eigenvalue weighted by Gasteiger charge is 2.17. The van der Waals surface area contributed by atoms with Gasteiger partial charge in [-0.15, -0.1) is 0 Å². The van der Waals surface area contributed by atoms with Crippen LogP contribution in [0.2, 0.25) is 0 Å². The number of fused-ring (bicyclic) bond motifs is 1. The van der Waals surface area contributed by atoms with Crippen molar-refractivity contribution < 1.29 is 13.9 Å². The van der Waals surface area contributed by atoms with Crippen molar-refractivity contribution in [3.8, 4) is 11.5 Å². The molecular weight excluding hydrogens is 379 g/mol. The first-order valence-electron chi connectivity index (χ1n) is 10.1. The van der Waals surface area contributed by atoms with Gasteiger partial charge in [0.1, 0.15) is 29.4 Å². The molecule has 30 heavy (non-hydrogen) atoms. The minimum Gasteiger partial charge on any atom is -0.493 e. The van der Waals surface area contributed by atoms with Gasteiger partial charge in [0.05, 0.1) is 12.1 Å². The van der Waals surface area contributed by atoms with E-state index >= 15 is 0 Å². The predicted molar refractivity (Wildman–Crippen MR) is 117 cm³/mol. The lowest BCUT2D eigenvalue weighted by atomic mass is 10.2. The van der Waals surface area contributed by atoms with Gasteiger partial charge in [-0.25, -0.2) is 4.39 Å². The molecular formula is C25H25FN2O2. The summed E-state index contributed by atoms with van der Waals surface area (Å²) in [6.45, 7) is 7.74. The first-order valence-corrected chi connectivity index (χ1v) is 10.1. The third kappa shape index (κ3) is 3.88. The van der Waals surface area contributed by atoms with Gasteiger partial charge in [-0.05, 0) is 50.1 Å². The molecule has 0 bridgehead atoms. The SMILES string of the molecule is CCOc1ccccc1COc1ccnc2c(C)c(C)n(Cc3ccc(F)cc3)c12. The van der Waals surface area contributed by atoms with E-state index < -0.39 is 0 Å². The Labute approximate surface area is 175 Å². The van der Waals surface area contributed by atoms with Crippen LogP contribution >= 0.6 is 0 Å². The second-order valence-electron chi connectivity index (χ2n) is 7.26. The number of aromatic nitrogens is 2. The van der Waals surface area contributed by atoms with Gasteiger partial charge >= 0.3 is 0 Å². The smallest absolute Gasteiger partial charge is 0.147 e. The molecule has 0 saturated heterocycles. The normalized spacial score (nSPS) is 11.1. The predicted octanol–water partition coefficient (Wildman–Crippen LogP) is 5.82. The molecule has 4 rings (SSSR count). The molecule has 0 aliphatic rings. The van der Waals surface area contributed by atoms with Crippen LogP contribution in [0.25, 0.3) is 11.0 Å². The lowest BCUT2D eigenvalue weighted by molar-refractivity contribution is 0.288. The fourth-order valence-corrected chi connectivity index (χ4v) is 3.67. The average molecular weight is 404 g/mol. The highest BCUT2D eigenvalue weighted by Crippen LogP contribution is 2.32. The molecule has 0 unspecified atom stereocenters. The lowest BCUT2D eigenvalue weighted by Gasteiger charge is -2.14. The summed E-state index contributed by atoms with van der Waals surface area (Å²) in [6.07, 6.45) is 1.78. The molecule has 0 radical (unpaired) electrons. The maximum Gasteiger partial charge on any atom is 0.147 e. The van der Waals surface area contributed by atoms with Crippen molar-refractivity contribution in [3.63, 3.8) is 0 Å².